The molecule has 0 saturated carbocycles. The predicted octanol–water partition coefficient (Wildman–Crippen LogP) is 3.30. The second-order valence-electron chi connectivity index (χ2n) is 6.45. The van der Waals surface area contributed by atoms with Gasteiger partial charge in [-0.1, -0.05) is 30.3 Å². The molecule has 3 atom stereocenters. The van der Waals surface area contributed by atoms with Crippen LogP contribution < -0.4 is 0 Å². The molecule has 2 saturated heterocycles. The molecule has 5 heteroatoms. The number of fused-ring (bicyclic) bond motifs is 1. The van der Waals surface area contributed by atoms with E-state index in [4.69, 9.17) is 0 Å². The van der Waals surface area contributed by atoms with Crippen molar-refractivity contribution in [1.29, 1.82) is 0 Å². The Labute approximate surface area is 142 Å². The molecule has 0 spiro atoms. The van der Waals surface area contributed by atoms with Crippen molar-refractivity contribution in [1.82, 2.24) is 14.2 Å². The SMILES string of the molecule is CN1C[C@H]2CN(Cc3cnsc3)C[C@H]2[C@@H]1c1ccccc1.Cl. The van der Waals surface area contributed by atoms with Crippen LogP contribution in [0.2, 0.25) is 0 Å². The van der Waals surface area contributed by atoms with E-state index in [1.54, 1.807) is 11.5 Å². The second kappa shape index (κ2) is 6.67. The summed E-state index contributed by atoms with van der Waals surface area (Å²) < 4.78 is 4.22. The smallest absolute Gasteiger partial charge is 0.0452 e. The fraction of sp³-hybridized carbons (Fsp3) is 0.471. The summed E-state index contributed by atoms with van der Waals surface area (Å²) in [6.45, 7) is 4.73. The van der Waals surface area contributed by atoms with Crippen LogP contribution >= 0.6 is 23.9 Å². The van der Waals surface area contributed by atoms with E-state index in [1.165, 1.54) is 30.8 Å². The first-order chi connectivity index (χ1) is 10.3. The number of halogens is 1. The normalized spacial score (nSPS) is 28.5. The summed E-state index contributed by atoms with van der Waals surface area (Å²) in [7, 11) is 2.28. The number of hydrogen-bond donors (Lipinski definition) is 0. The highest BCUT2D eigenvalue weighted by molar-refractivity contribution is 7.03. The molecule has 0 unspecified atom stereocenters. The van der Waals surface area contributed by atoms with Crippen LogP contribution in [0.25, 0.3) is 0 Å². The molecule has 0 bridgehead atoms. The van der Waals surface area contributed by atoms with Gasteiger partial charge in [0.05, 0.1) is 0 Å². The molecule has 3 heterocycles. The van der Waals surface area contributed by atoms with E-state index in [9.17, 15) is 0 Å². The van der Waals surface area contributed by atoms with E-state index in [-0.39, 0.29) is 12.4 Å². The summed E-state index contributed by atoms with van der Waals surface area (Å²) in [6, 6.07) is 11.6. The average Bonchev–Trinajstić information content (AvgIpc) is 3.17. The van der Waals surface area contributed by atoms with Crippen LogP contribution in [0, 0.1) is 11.8 Å². The Balaban J connectivity index is 0.00000144. The highest BCUT2D eigenvalue weighted by atomic mass is 35.5. The Bertz CT molecular complexity index is 589. The van der Waals surface area contributed by atoms with Crippen LogP contribution in [0.15, 0.2) is 41.9 Å². The van der Waals surface area contributed by atoms with Crippen molar-refractivity contribution >= 4 is 23.9 Å². The minimum Gasteiger partial charge on any atom is -0.299 e. The van der Waals surface area contributed by atoms with Gasteiger partial charge < -0.3 is 0 Å². The molecule has 0 amide bonds. The van der Waals surface area contributed by atoms with Crippen LogP contribution in [0.4, 0.5) is 0 Å². The van der Waals surface area contributed by atoms with Gasteiger partial charge in [-0.15, -0.1) is 12.4 Å². The summed E-state index contributed by atoms with van der Waals surface area (Å²) in [5, 5.41) is 2.18. The molecule has 2 aliphatic heterocycles. The highest BCUT2D eigenvalue weighted by Crippen LogP contribution is 2.44. The Hall–Kier alpha value is -0.940. The van der Waals surface area contributed by atoms with Gasteiger partial charge in [0.15, 0.2) is 0 Å². The Morgan fingerprint density at radius 2 is 2.00 bits per heavy atom. The fourth-order valence-corrected chi connectivity index (χ4v) is 4.72. The zero-order chi connectivity index (χ0) is 14.2. The molecule has 1 aromatic heterocycles. The minimum atomic E-state index is 0. The number of likely N-dealkylation sites (tertiary alicyclic amines) is 2. The van der Waals surface area contributed by atoms with Gasteiger partial charge in [-0.3, -0.25) is 9.80 Å². The largest absolute Gasteiger partial charge is 0.299 e. The first-order valence-electron chi connectivity index (χ1n) is 7.67. The van der Waals surface area contributed by atoms with Gasteiger partial charge in [0, 0.05) is 43.8 Å². The molecule has 3 nitrogen and oxygen atoms in total. The number of nitrogens with zero attached hydrogens (tertiary/aromatic N) is 3. The molecule has 4 rings (SSSR count). The highest BCUT2D eigenvalue weighted by Gasteiger charge is 2.45. The van der Waals surface area contributed by atoms with Crippen molar-refractivity contribution in [2.75, 3.05) is 26.7 Å². The van der Waals surface area contributed by atoms with Crippen molar-refractivity contribution in [3.8, 4) is 0 Å². The summed E-state index contributed by atoms with van der Waals surface area (Å²) in [6.07, 6.45) is 2.01. The van der Waals surface area contributed by atoms with Crippen LogP contribution in [0.5, 0.6) is 0 Å². The zero-order valence-corrected chi connectivity index (χ0v) is 14.4. The first kappa shape index (κ1) is 15.9. The predicted molar refractivity (Wildman–Crippen MR) is 93.4 cm³/mol. The quantitative estimate of drug-likeness (QED) is 0.858. The molecule has 0 N–H and O–H groups in total. The third-order valence-corrected chi connectivity index (χ3v) is 5.64. The van der Waals surface area contributed by atoms with Crippen molar-refractivity contribution < 1.29 is 0 Å². The zero-order valence-electron chi connectivity index (χ0n) is 12.8. The maximum absolute atomic E-state index is 4.22. The number of hydrogen-bond acceptors (Lipinski definition) is 4. The second-order valence-corrected chi connectivity index (χ2v) is 7.10. The average molecular weight is 336 g/mol. The van der Waals surface area contributed by atoms with E-state index in [1.807, 2.05) is 6.20 Å². The molecule has 2 fully saturated rings. The number of rotatable bonds is 3. The molecular formula is C17H22ClN3S. The number of aromatic nitrogens is 1. The maximum Gasteiger partial charge on any atom is 0.0452 e. The van der Waals surface area contributed by atoms with Gasteiger partial charge >= 0.3 is 0 Å². The Morgan fingerprint density at radius 3 is 2.73 bits per heavy atom. The van der Waals surface area contributed by atoms with Crippen LogP contribution in [0.1, 0.15) is 17.2 Å². The van der Waals surface area contributed by atoms with Crippen molar-refractivity contribution in [2.45, 2.75) is 12.6 Å². The van der Waals surface area contributed by atoms with Crippen LogP contribution in [-0.4, -0.2) is 40.9 Å². The van der Waals surface area contributed by atoms with Crippen molar-refractivity contribution in [2.24, 2.45) is 11.8 Å². The minimum absolute atomic E-state index is 0. The third-order valence-electron chi connectivity index (χ3n) is 5.00. The summed E-state index contributed by atoms with van der Waals surface area (Å²) in [5.74, 6) is 1.58. The lowest BCUT2D eigenvalue weighted by Crippen LogP contribution is -2.28. The molecule has 2 aromatic rings. The van der Waals surface area contributed by atoms with Gasteiger partial charge in [0.2, 0.25) is 0 Å². The molecule has 118 valence electrons. The van der Waals surface area contributed by atoms with Gasteiger partial charge in [-0.25, -0.2) is 4.37 Å². The van der Waals surface area contributed by atoms with E-state index >= 15 is 0 Å². The topological polar surface area (TPSA) is 19.4 Å². The first-order valence-corrected chi connectivity index (χ1v) is 8.51. The monoisotopic (exact) mass is 335 g/mol. The summed E-state index contributed by atoms with van der Waals surface area (Å²) in [5.41, 5.74) is 2.84. The Morgan fingerprint density at radius 1 is 1.18 bits per heavy atom. The van der Waals surface area contributed by atoms with Crippen LogP contribution in [-0.2, 0) is 6.54 Å². The maximum atomic E-state index is 4.22. The van der Waals surface area contributed by atoms with E-state index in [2.05, 4.69) is 56.9 Å². The molecule has 0 radical (unpaired) electrons. The number of benzene rings is 1. The van der Waals surface area contributed by atoms with Gasteiger partial charge in [-0.05, 0) is 41.5 Å². The lowest BCUT2D eigenvalue weighted by Gasteiger charge is -2.26. The summed E-state index contributed by atoms with van der Waals surface area (Å²) in [4.78, 5) is 5.16. The summed E-state index contributed by atoms with van der Waals surface area (Å²) >= 11 is 1.56. The molecule has 2 aliphatic rings. The molecule has 0 aliphatic carbocycles. The van der Waals surface area contributed by atoms with E-state index in [0.717, 1.165) is 18.4 Å². The van der Waals surface area contributed by atoms with Gasteiger partial charge in [0.1, 0.15) is 0 Å². The molecule has 22 heavy (non-hydrogen) atoms. The van der Waals surface area contributed by atoms with Crippen LogP contribution in [0.3, 0.4) is 0 Å². The van der Waals surface area contributed by atoms with Gasteiger partial charge in [-0.2, -0.15) is 0 Å². The lowest BCUT2D eigenvalue weighted by atomic mass is 9.90. The van der Waals surface area contributed by atoms with Crippen molar-refractivity contribution in [3.63, 3.8) is 0 Å². The van der Waals surface area contributed by atoms with E-state index in [0.29, 0.717) is 6.04 Å². The van der Waals surface area contributed by atoms with Crippen molar-refractivity contribution in [3.05, 3.63) is 53.0 Å². The molecular weight excluding hydrogens is 314 g/mol. The standard InChI is InChI=1S/C17H21N3S.ClH/c1-19-9-15-10-20(8-13-7-18-21-12-13)11-16(15)17(19)14-5-3-2-4-6-14;/h2-7,12,15-17H,8-11H2,1H3;1H/t15-,16+,17-;/m0./s1. The fourth-order valence-electron chi connectivity index (χ4n) is 4.19. The lowest BCUT2D eigenvalue weighted by molar-refractivity contribution is 0.224. The molecule has 1 aromatic carbocycles. The Kier molecular flexibility index (Phi) is 4.83. The third kappa shape index (κ3) is 2.93. The van der Waals surface area contributed by atoms with E-state index < -0.39 is 0 Å². The van der Waals surface area contributed by atoms with Gasteiger partial charge in [0.25, 0.3) is 0 Å².